The molecule has 1 aromatic carbocycles. The van der Waals surface area contributed by atoms with Crippen molar-refractivity contribution >= 4 is 15.8 Å². The Bertz CT molecular complexity index is 954. The van der Waals surface area contributed by atoms with Crippen molar-refractivity contribution in [2.24, 2.45) is 0 Å². The highest BCUT2D eigenvalue weighted by Gasteiger charge is 2.20. The zero-order valence-electron chi connectivity index (χ0n) is 16.9. The van der Waals surface area contributed by atoms with Gasteiger partial charge in [0.25, 0.3) is 0 Å². The minimum Gasteiger partial charge on any atom is -0.496 e. The van der Waals surface area contributed by atoms with Crippen molar-refractivity contribution in [3.63, 3.8) is 0 Å². The van der Waals surface area contributed by atoms with Gasteiger partial charge in [-0.05, 0) is 63.3 Å². The average molecular weight is 405 g/mol. The van der Waals surface area contributed by atoms with Crippen LogP contribution in [0.3, 0.4) is 0 Å². The molecule has 0 atom stereocenters. The molecule has 3 rings (SSSR count). The number of hydrogen-bond donors (Lipinski definition) is 1. The van der Waals surface area contributed by atoms with Crippen LogP contribution >= 0.6 is 0 Å². The van der Waals surface area contributed by atoms with Crippen LogP contribution in [-0.4, -0.2) is 38.6 Å². The molecule has 152 valence electrons. The smallest absolute Gasteiger partial charge is 0.241 e. The lowest BCUT2D eigenvalue weighted by molar-refractivity contribution is 0.410. The van der Waals surface area contributed by atoms with Crippen LogP contribution in [-0.2, 0) is 16.6 Å². The Balaban J connectivity index is 1.79. The Hall–Kier alpha value is -2.19. The minimum atomic E-state index is -3.69. The number of ether oxygens (including phenoxy) is 1. The SMILES string of the molecule is COc1ccc(S(=O)(=O)NCc2nc(C)cc(N3CCCCC3)n2)c(C)c1C. The van der Waals surface area contributed by atoms with E-state index < -0.39 is 10.0 Å². The molecule has 0 saturated carbocycles. The Kier molecular flexibility index (Phi) is 6.20. The summed E-state index contributed by atoms with van der Waals surface area (Å²) in [5.74, 6) is 2.02. The Morgan fingerprint density at radius 1 is 1.07 bits per heavy atom. The van der Waals surface area contributed by atoms with Crippen LogP contribution < -0.4 is 14.4 Å². The summed E-state index contributed by atoms with van der Waals surface area (Å²) < 4.78 is 33.6. The number of methoxy groups -OCH3 is 1. The fourth-order valence-corrected chi connectivity index (χ4v) is 4.77. The first-order valence-electron chi connectivity index (χ1n) is 9.55. The maximum absolute atomic E-state index is 12.8. The van der Waals surface area contributed by atoms with Crippen molar-refractivity contribution < 1.29 is 13.2 Å². The van der Waals surface area contributed by atoms with Crippen molar-refractivity contribution in [3.05, 3.63) is 40.8 Å². The van der Waals surface area contributed by atoms with Gasteiger partial charge in [-0.25, -0.2) is 23.1 Å². The van der Waals surface area contributed by atoms with Crippen molar-refractivity contribution in [3.8, 4) is 5.75 Å². The highest BCUT2D eigenvalue weighted by molar-refractivity contribution is 7.89. The molecule has 0 amide bonds. The average Bonchev–Trinajstić information content (AvgIpc) is 2.68. The van der Waals surface area contributed by atoms with Gasteiger partial charge in [0.15, 0.2) is 0 Å². The summed E-state index contributed by atoms with van der Waals surface area (Å²) in [6.07, 6.45) is 3.55. The number of benzene rings is 1. The first-order valence-corrected chi connectivity index (χ1v) is 11.0. The van der Waals surface area contributed by atoms with E-state index >= 15 is 0 Å². The summed E-state index contributed by atoms with van der Waals surface area (Å²) >= 11 is 0. The largest absolute Gasteiger partial charge is 0.496 e. The number of hydrogen-bond acceptors (Lipinski definition) is 6. The maximum Gasteiger partial charge on any atom is 0.241 e. The number of sulfonamides is 1. The van der Waals surface area contributed by atoms with Gasteiger partial charge in [-0.2, -0.15) is 0 Å². The van der Waals surface area contributed by atoms with Crippen LogP contribution in [0.25, 0.3) is 0 Å². The van der Waals surface area contributed by atoms with Gasteiger partial charge in [0.05, 0.1) is 18.6 Å². The molecule has 2 aromatic rings. The second-order valence-electron chi connectivity index (χ2n) is 7.17. The van der Waals surface area contributed by atoms with Gasteiger partial charge in [-0.15, -0.1) is 0 Å². The lowest BCUT2D eigenvalue weighted by Gasteiger charge is -2.28. The highest BCUT2D eigenvalue weighted by Crippen LogP contribution is 2.27. The molecule has 1 saturated heterocycles. The molecule has 28 heavy (non-hydrogen) atoms. The van der Waals surface area contributed by atoms with Crippen LogP contribution in [0.1, 0.15) is 41.9 Å². The fourth-order valence-electron chi connectivity index (χ4n) is 3.50. The summed E-state index contributed by atoms with van der Waals surface area (Å²) in [7, 11) is -2.11. The van der Waals surface area contributed by atoms with Gasteiger partial charge < -0.3 is 9.64 Å². The van der Waals surface area contributed by atoms with Crippen LogP contribution in [0.4, 0.5) is 5.82 Å². The van der Waals surface area contributed by atoms with E-state index in [1.165, 1.54) is 6.42 Å². The summed E-state index contributed by atoms with van der Waals surface area (Å²) in [5, 5.41) is 0. The molecule has 2 heterocycles. The third kappa shape index (κ3) is 4.44. The number of piperidine rings is 1. The lowest BCUT2D eigenvalue weighted by atomic mass is 10.1. The van der Waals surface area contributed by atoms with Gasteiger partial charge in [0, 0.05) is 24.8 Å². The number of rotatable bonds is 6. The van der Waals surface area contributed by atoms with Crippen LogP contribution in [0.5, 0.6) is 5.75 Å². The van der Waals surface area contributed by atoms with E-state index in [0.717, 1.165) is 43.0 Å². The van der Waals surface area contributed by atoms with Crippen LogP contribution in [0.2, 0.25) is 0 Å². The predicted molar refractivity (Wildman–Crippen MR) is 109 cm³/mol. The minimum absolute atomic E-state index is 0.0510. The fraction of sp³-hybridized carbons (Fsp3) is 0.500. The van der Waals surface area contributed by atoms with Crippen molar-refractivity contribution in [1.29, 1.82) is 0 Å². The molecule has 1 aliphatic rings. The molecule has 0 spiro atoms. The lowest BCUT2D eigenvalue weighted by Crippen LogP contribution is -2.31. The normalized spacial score (nSPS) is 14.9. The summed E-state index contributed by atoms with van der Waals surface area (Å²) in [5.41, 5.74) is 2.32. The second-order valence-corrected chi connectivity index (χ2v) is 8.91. The standard InChI is InChI=1S/C20H28N4O3S/c1-14-12-20(24-10-6-5-7-11-24)23-19(22-14)13-21-28(25,26)18-9-8-17(27-4)15(2)16(18)3/h8-9,12,21H,5-7,10-11,13H2,1-4H3. The number of aromatic nitrogens is 2. The monoisotopic (exact) mass is 404 g/mol. The van der Waals surface area contributed by atoms with E-state index in [4.69, 9.17) is 4.74 Å². The molecular formula is C20H28N4O3S. The maximum atomic E-state index is 12.8. The van der Waals surface area contributed by atoms with Crippen LogP contribution in [0.15, 0.2) is 23.1 Å². The first kappa shape index (κ1) is 20.5. The van der Waals surface area contributed by atoms with Gasteiger partial charge >= 0.3 is 0 Å². The molecule has 8 heteroatoms. The van der Waals surface area contributed by atoms with E-state index in [1.807, 2.05) is 19.9 Å². The molecule has 0 bridgehead atoms. The molecule has 0 unspecified atom stereocenters. The van der Waals surface area contributed by atoms with Gasteiger partial charge in [-0.1, -0.05) is 0 Å². The number of nitrogens with one attached hydrogen (secondary N) is 1. The van der Waals surface area contributed by atoms with Crippen molar-refractivity contribution in [2.45, 2.75) is 51.5 Å². The summed E-state index contributed by atoms with van der Waals surface area (Å²) in [6, 6.07) is 5.20. The van der Waals surface area contributed by atoms with Gasteiger partial charge in [0.1, 0.15) is 17.4 Å². The number of anilines is 1. The van der Waals surface area contributed by atoms with E-state index in [1.54, 1.807) is 26.2 Å². The number of aryl methyl sites for hydroxylation is 1. The van der Waals surface area contributed by atoms with E-state index in [9.17, 15) is 8.42 Å². The predicted octanol–water partition coefficient (Wildman–Crippen LogP) is 2.88. The molecule has 1 aromatic heterocycles. The molecule has 7 nitrogen and oxygen atoms in total. The molecule has 1 N–H and O–H groups in total. The zero-order chi connectivity index (χ0) is 20.3. The van der Waals surface area contributed by atoms with Gasteiger partial charge in [-0.3, -0.25) is 0 Å². The van der Waals surface area contributed by atoms with Gasteiger partial charge in [0.2, 0.25) is 10.0 Å². The van der Waals surface area contributed by atoms with Crippen molar-refractivity contribution in [1.82, 2.24) is 14.7 Å². The van der Waals surface area contributed by atoms with E-state index in [-0.39, 0.29) is 11.4 Å². The topological polar surface area (TPSA) is 84.4 Å². The molecule has 1 aliphatic heterocycles. The van der Waals surface area contributed by atoms with Crippen LogP contribution in [0, 0.1) is 20.8 Å². The van der Waals surface area contributed by atoms with E-state index in [2.05, 4.69) is 19.6 Å². The number of nitrogens with zero attached hydrogens (tertiary/aromatic N) is 3. The van der Waals surface area contributed by atoms with Crippen molar-refractivity contribution in [2.75, 3.05) is 25.1 Å². The Labute approximate surface area is 167 Å². The molecule has 0 aliphatic carbocycles. The highest BCUT2D eigenvalue weighted by atomic mass is 32.2. The summed E-state index contributed by atoms with van der Waals surface area (Å²) in [4.78, 5) is 11.5. The third-order valence-corrected chi connectivity index (χ3v) is 6.73. The Morgan fingerprint density at radius 3 is 2.46 bits per heavy atom. The molecule has 1 fully saturated rings. The second kappa shape index (κ2) is 8.45. The zero-order valence-corrected chi connectivity index (χ0v) is 17.8. The molecular weight excluding hydrogens is 376 g/mol. The Morgan fingerprint density at radius 2 is 1.79 bits per heavy atom. The van der Waals surface area contributed by atoms with E-state index in [0.29, 0.717) is 17.1 Å². The summed E-state index contributed by atoms with van der Waals surface area (Å²) in [6.45, 7) is 7.54. The third-order valence-electron chi connectivity index (χ3n) is 5.18. The first-order chi connectivity index (χ1) is 13.3. The quantitative estimate of drug-likeness (QED) is 0.797. The molecule has 0 radical (unpaired) electrons.